The number of carbonyl (C=O) groups excluding carboxylic acids is 1. The van der Waals surface area contributed by atoms with Crippen LogP contribution in [0.2, 0.25) is 0 Å². The van der Waals surface area contributed by atoms with Crippen molar-refractivity contribution in [3.63, 3.8) is 0 Å². The van der Waals surface area contributed by atoms with Gasteiger partial charge in [-0.1, -0.05) is 30.3 Å². The number of carbonyl (C=O) groups is 1. The van der Waals surface area contributed by atoms with E-state index < -0.39 is 33.0 Å². The van der Waals surface area contributed by atoms with Crippen molar-refractivity contribution in [2.24, 2.45) is 5.92 Å². The highest BCUT2D eigenvalue weighted by molar-refractivity contribution is 7.89. The number of sulfonamides is 1. The standard InChI is InChI=1S/C27H33F2N3O4S2/c1-25(2,3)32-38(35,36)21-11-10-19(17-8-6-7-9-18(17)21)22-20(12-16-13-27(28,29)14-16)31-24(37-22)23(33)30-15-26(4,5)34/h6-11,16,32,34H,12-15H2,1-5H3,(H,30,33). The maximum atomic E-state index is 13.6. The van der Waals surface area contributed by atoms with Gasteiger partial charge in [0.25, 0.3) is 5.91 Å². The number of benzene rings is 2. The van der Waals surface area contributed by atoms with Gasteiger partial charge >= 0.3 is 0 Å². The van der Waals surface area contributed by atoms with Crippen LogP contribution in [0.1, 0.15) is 63.0 Å². The highest BCUT2D eigenvalue weighted by Crippen LogP contribution is 2.46. The van der Waals surface area contributed by atoms with Crippen molar-refractivity contribution in [3.8, 4) is 10.4 Å². The van der Waals surface area contributed by atoms with E-state index in [9.17, 15) is 27.1 Å². The molecule has 1 fully saturated rings. The molecule has 1 saturated carbocycles. The molecule has 7 nitrogen and oxygen atoms in total. The third kappa shape index (κ3) is 6.56. The van der Waals surface area contributed by atoms with E-state index in [1.165, 1.54) is 6.07 Å². The summed E-state index contributed by atoms with van der Waals surface area (Å²) in [4.78, 5) is 18.2. The van der Waals surface area contributed by atoms with Crippen LogP contribution >= 0.6 is 11.3 Å². The molecule has 3 aromatic rings. The second-order valence-electron chi connectivity index (χ2n) is 11.6. The monoisotopic (exact) mass is 565 g/mol. The smallest absolute Gasteiger partial charge is 0.280 e. The largest absolute Gasteiger partial charge is 0.389 e. The van der Waals surface area contributed by atoms with Crippen LogP contribution < -0.4 is 10.0 Å². The number of halogens is 2. The molecule has 0 saturated heterocycles. The maximum absolute atomic E-state index is 13.6. The predicted molar refractivity (Wildman–Crippen MR) is 145 cm³/mol. The van der Waals surface area contributed by atoms with Crippen LogP contribution in [-0.4, -0.2) is 48.0 Å². The van der Waals surface area contributed by atoms with Crippen molar-refractivity contribution in [1.82, 2.24) is 15.0 Å². The van der Waals surface area contributed by atoms with E-state index in [0.717, 1.165) is 11.3 Å². The fourth-order valence-electron chi connectivity index (χ4n) is 4.53. The number of amides is 1. The number of alkyl halides is 2. The van der Waals surface area contributed by atoms with Gasteiger partial charge in [-0.25, -0.2) is 26.9 Å². The van der Waals surface area contributed by atoms with Gasteiger partial charge in [0.05, 0.1) is 21.1 Å². The van der Waals surface area contributed by atoms with Crippen molar-refractivity contribution in [2.75, 3.05) is 6.54 Å². The number of hydrogen-bond donors (Lipinski definition) is 3. The van der Waals surface area contributed by atoms with Gasteiger partial charge in [-0.2, -0.15) is 0 Å². The zero-order valence-electron chi connectivity index (χ0n) is 22.1. The zero-order chi connectivity index (χ0) is 28.1. The van der Waals surface area contributed by atoms with Crippen LogP contribution in [0.25, 0.3) is 21.2 Å². The first-order valence-corrected chi connectivity index (χ1v) is 14.7. The molecule has 1 aliphatic rings. The summed E-state index contributed by atoms with van der Waals surface area (Å²) in [7, 11) is -3.84. The van der Waals surface area contributed by atoms with E-state index in [1.54, 1.807) is 65.0 Å². The Morgan fingerprint density at radius 3 is 2.32 bits per heavy atom. The molecule has 0 spiro atoms. The van der Waals surface area contributed by atoms with Crippen molar-refractivity contribution >= 4 is 38.0 Å². The molecule has 4 rings (SSSR count). The fraction of sp³-hybridized carbons (Fsp3) is 0.481. The number of aromatic nitrogens is 1. The Kier molecular flexibility index (Phi) is 7.46. The maximum Gasteiger partial charge on any atom is 0.280 e. The van der Waals surface area contributed by atoms with Crippen LogP contribution in [0, 0.1) is 5.92 Å². The Morgan fingerprint density at radius 2 is 1.74 bits per heavy atom. The van der Waals surface area contributed by atoms with Crippen LogP contribution in [0.15, 0.2) is 41.3 Å². The number of hydrogen-bond acceptors (Lipinski definition) is 6. The van der Waals surface area contributed by atoms with E-state index in [0.29, 0.717) is 26.9 Å². The number of aliphatic hydroxyl groups is 1. The number of thiazole rings is 1. The highest BCUT2D eigenvalue weighted by atomic mass is 32.2. The molecule has 1 amide bonds. The van der Waals surface area contributed by atoms with Crippen molar-refractivity contribution in [1.29, 1.82) is 0 Å². The normalized spacial score (nSPS) is 16.4. The number of nitrogens with zero attached hydrogens (tertiary/aromatic N) is 1. The topological polar surface area (TPSA) is 108 Å². The number of fused-ring (bicyclic) bond motifs is 1. The van der Waals surface area contributed by atoms with Gasteiger partial charge in [0.1, 0.15) is 0 Å². The van der Waals surface area contributed by atoms with Crippen molar-refractivity contribution in [2.45, 2.75) is 75.8 Å². The first-order valence-electron chi connectivity index (χ1n) is 12.4. The fourth-order valence-corrected chi connectivity index (χ4v) is 7.21. The molecule has 206 valence electrons. The van der Waals surface area contributed by atoms with Gasteiger partial charge in [0.15, 0.2) is 5.01 Å². The minimum Gasteiger partial charge on any atom is -0.389 e. The lowest BCUT2D eigenvalue weighted by Crippen LogP contribution is -2.40. The minimum absolute atomic E-state index is 0.0151. The molecular weight excluding hydrogens is 532 g/mol. The summed E-state index contributed by atoms with van der Waals surface area (Å²) in [5.74, 6) is -3.42. The Balaban J connectivity index is 1.80. The van der Waals surface area contributed by atoms with Gasteiger partial charge in [-0.15, -0.1) is 11.3 Å². The Bertz CT molecular complexity index is 1460. The summed E-state index contributed by atoms with van der Waals surface area (Å²) in [6, 6.07) is 10.3. The van der Waals surface area contributed by atoms with E-state index in [4.69, 9.17) is 0 Å². The molecule has 11 heteroatoms. The SMILES string of the molecule is CC(C)(O)CNC(=O)c1nc(CC2CC(F)(F)C2)c(-c2ccc(S(=O)(=O)NC(C)(C)C)c3ccccc23)s1. The highest BCUT2D eigenvalue weighted by Gasteiger charge is 2.45. The summed E-state index contributed by atoms with van der Waals surface area (Å²) >= 11 is 1.13. The van der Waals surface area contributed by atoms with Crippen LogP contribution in [0.3, 0.4) is 0 Å². The summed E-state index contributed by atoms with van der Waals surface area (Å²) in [5.41, 5.74) is -0.595. The van der Waals surface area contributed by atoms with Gasteiger partial charge < -0.3 is 10.4 Å². The van der Waals surface area contributed by atoms with E-state index in [2.05, 4.69) is 15.0 Å². The van der Waals surface area contributed by atoms with E-state index in [-0.39, 0.29) is 41.6 Å². The lowest BCUT2D eigenvalue weighted by atomic mass is 9.78. The molecule has 0 unspecified atom stereocenters. The Morgan fingerprint density at radius 1 is 1.11 bits per heavy atom. The summed E-state index contributed by atoms with van der Waals surface area (Å²) in [6.07, 6.45) is -0.193. The van der Waals surface area contributed by atoms with Crippen LogP contribution in [0.5, 0.6) is 0 Å². The third-order valence-electron chi connectivity index (χ3n) is 6.09. The molecule has 0 radical (unpaired) electrons. The second kappa shape index (κ2) is 9.93. The average Bonchev–Trinajstić information content (AvgIpc) is 3.17. The van der Waals surface area contributed by atoms with Crippen LogP contribution in [-0.2, 0) is 16.4 Å². The van der Waals surface area contributed by atoms with Gasteiger partial charge in [-0.05, 0) is 58.4 Å². The quantitative estimate of drug-likeness (QED) is 0.351. The molecule has 2 aromatic carbocycles. The molecule has 0 atom stereocenters. The molecule has 38 heavy (non-hydrogen) atoms. The molecule has 1 heterocycles. The summed E-state index contributed by atoms with van der Waals surface area (Å²) < 4.78 is 56.3. The summed E-state index contributed by atoms with van der Waals surface area (Å²) in [6.45, 7) is 8.44. The molecule has 0 aliphatic heterocycles. The first kappa shape index (κ1) is 28.5. The molecular formula is C27H33F2N3O4S2. The molecule has 3 N–H and O–H groups in total. The predicted octanol–water partition coefficient (Wildman–Crippen LogP) is 5.13. The Labute approximate surface area is 225 Å². The van der Waals surface area contributed by atoms with E-state index in [1.807, 2.05) is 0 Å². The van der Waals surface area contributed by atoms with Crippen molar-refractivity contribution in [3.05, 3.63) is 47.1 Å². The van der Waals surface area contributed by atoms with Gasteiger partial charge in [0.2, 0.25) is 15.9 Å². The summed E-state index contributed by atoms with van der Waals surface area (Å²) in [5, 5.41) is 14.0. The number of rotatable bonds is 8. The van der Waals surface area contributed by atoms with Gasteiger partial charge in [-0.3, -0.25) is 4.79 Å². The molecule has 1 aliphatic carbocycles. The van der Waals surface area contributed by atoms with Crippen molar-refractivity contribution < 1.29 is 27.1 Å². The Hall–Kier alpha value is -2.47. The zero-order valence-corrected chi connectivity index (χ0v) is 23.7. The average molecular weight is 566 g/mol. The minimum atomic E-state index is -3.84. The third-order valence-corrected chi connectivity index (χ3v) is 9.03. The number of nitrogens with one attached hydrogen (secondary N) is 2. The lowest BCUT2D eigenvalue weighted by Gasteiger charge is -2.34. The van der Waals surface area contributed by atoms with Crippen LogP contribution in [0.4, 0.5) is 8.78 Å². The van der Waals surface area contributed by atoms with Gasteiger partial charge in [0, 0.05) is 35.9 Å². The molecule has 0 bridgehead atoms. The second-order valence-corrected chi connectivity index (χ2v) is 14.3. The first-order chi connectivity index (χ1) is 17.4. The van der Waals surface area contributed by atoms with E-state index >= 15 is 0 Å². The lowest BCUT2D eigenvalue weighted by molar-refractivity contribution is -0.109. The molecule has 1 aromatic heterocycles.